The lowest BCUT2D eigenvalue weighted by atomic mass is 10.2. The summed E-state index contributed by atoms with van der Waals surface area (Å²) in [5.74, 6) is -0.461. The Bertz CT molecular complexity index is 1040. The highest BCUT2D eigenvalue weighted by Crippen LogP contribution is 2.28. The third-order valence-corrected chi connectivity index (χ3v) is 3.90. The fourth-order valence-electron chi connectivity index (χ4n) is 2.23. The number of benzene rings is 2. The highest BCUT2D eigenvalue weighted by molar-refractivity contribution is 6.30. The van der Waals surface area contributed by atoms with Crippen molar-refractivity contribution in [2.45, 2.75) is 0 Å². The number of hydrogen-bond acceptors (Lipinski definition) is 7. The Hall–Kier alpha value is -3.78. The molecule has 0 aliphatic carbocycles. The quantitative estimate of drug-likeness (QED) is 0.290. The minimum Gasteiger partial charge on any atom is -0.493 e. The van der Waals surface area contributed by atoms with Gasteiger partial charge in [0.1, 0.15) is 5.69 Å². The summed E-state index contributed by atoms with van der Waals surface area (Å²) in [4.78, 5) is 31.8. The molecular weight excluding hydrogens is 396 g/mol. The van der Waals surface area contributed by atoms with Crippen LogP contribution in [0.15, 0.2) is 66.2 Å². The summed E-state index contributed by atoms with van der Waals surface area (Å²) in [7, 11) is 1.45. The Morgan fingerprint density at radius 3 is 2.59 bits per heavy atom. The van der Waals surface area contributed by atoms with Crippen LogP contribution in [0.5, 0.6) is 11.5 Å². The summed E-state index contributed by atoms with van der Waals surface area (Å²) in [5, 5.41) is 4.39. The van der Waals surface area contributed by atoms with Crippen LogP contribution in [0.25, 0.3) is 0 Å². The van der Waals surface area contributed by atoms with Crippen molar-refractivity contribution in [2.75, 3.05) is 7.11 Å². The minimum atomic E-state index is -0.544. The third-order valence-electron chi connectivity index (χ3n) is 3.65. The van der Waals surface area contributed by atoms with Crippen LogP contribution in [0.2, 0.25) is 5.02 Å². The summed E-state index contributed by atoms with van der Waals surface area (Å²) in [6.45, 7) is 0. The molecule has 2 aromatic carbocycles. The average Bonchev–Trinajstić information content (AvgIpc) is 2.75. The number of nitrogens with one attached hydrogen (secondary N) is 1. The molecule has 0 saturated heterocycles. The Morgan fingerprint density at radius 1 is 1.10 bits per heavy atom. The monoisotopic (exact) mass is 410 g/mol. The standard InChI is InChI=1S/C20H15ClN4O4/c1-28-18-10-13(11-24-25-19(26)16-12-22-8-9-23-16)2-7-17(18)29-20(27)14-3-5-15(21)6-4-14/h2-12H,1H3,(H,25,26). The normalized spacial score (nSPS) is 10.6. The van der Waals surface area contributed by atoms with Crippen LogP contribution in [0.1, 0.15) is 26.4 Å². The topological polar surface area (TPSA) is 103 Å². The van der Waals surface area contributed by atoms with Gasteiger partial charge in [-0.15, -0.1) is 0 Å². The van der Waals surface area contributed by atoms with Gasteiger partial charge in [-0.25, -0.2) is 15.2 Å². The molecule has 146 valence electrons. The number of halogens is 1. The molecule has 8 nitrogen and oxygen atoms in total. The van der Waals surface area contributed by atoms with Gasteiger partial charge in [-0.3, -0.25) is 9.78 Å². The van der Waals surface area contributed by atoms with E-state index in [1.165, 1.54) is 31.9 Å². The van der Waals surface area contributed by atoms with Crippen LogP contribution in [-0.4, -0.2) is 35.2 Å². The van der Waals surface area contributed by atoms with Crippen molar-refractivity contribution >= 4 is 29.7 Å². The van der Waals surface area contributed by atoms with Crippen LogP contribution in [-0.2, 0) is 0 Å². The molecular formula is C20H15ClN4O4. The van der Waals surface area contributed by atoms with Crippen LogP contribution in [0, 0.1) is 0 Å². The van der Waals surface area contributed by atoms with E-state index in [0.717, 1.165) is 0 Å². The number of amides is 1. The summed E-state index contributed by atoms with van der Waals surface area (Å²) in [6.07, 6.45) is 5.63. The highest BCUT2D eigenvalue weighted by Gasteiger charge is 2.13. The number of hydrogen-bond donors (Lipinski definition) is 1. The van der Waals surface area contributed by atoms with Gasteiger partial charge in [0.25, 0.3) is 5.91 Å². The van der Waals surface area contributed by atoms with E-state index in [1.54, 1.807) is 42.5 Å². The van der Waals surface area contributed by atoms with Gasteiger partial charge in [0.2, 0.25) is 0 Å². The zero-order chi connectivity index (χ0) is 20.6. The lowest BCUT2D eigenvalue weighted by Gasteiger charge is -2.10. The van der Waals surface area contributed by atoms with Crippen molar-refractivity contribution < 1.29 is 19.1 Å². The number of ether oxygens (including phenoxy) is 2. The van der Waals surface area contributed by atoms with Crippen molar-refractivity contribution in [3.05, 3.63) is 82.9 Å². The molecule has 0 spiro atoms. The van der Waals surface area contributed by atoms with E-state index < -0.39 is 11.9 Å². The third kappa shape index (κ3) is 5.36. The van der Waals surface area contributed by atoms with Gasteiger partial charge in [0, 0.05) is 17.4 Å². The van der Waals surface area contributed by atoms with E-state index in [0.29, 0.717) is 21.9 Å². The van der Waals surface area contributed by atoms with E-state index in [2.05, 4.69) is 20.5 Å². The predicted molar refractivity (Wildman–Crippen MR) is 106 cm³/mol. The van der Waals surface area contributed by atoms with Crippen LogP contribution < -0.4 is 14.9 Å². The number of carbonyl (C=O) groups is 2. The molecule has 1 amide bonds. The van der Waals surface area contributed by atoms with Crippen molar-refractivity contribution in [3.63, 3.8) is 0 Å². The number of carbonyl (C=O) groups excluding carboxylic acids is 2. The first kappa shape index (κ1) is 20.0. The first-order chi connectivity index (χ1) is 14.1. The van der Waals surface area contributed by atoms with E-state index in [4.69, 9.17) is 21.1 Å². The summed E-state index contributed by atoms with van der Waals surface area (Å²) in [5.41, 5.74) is 3.47. The number of esters is 1. The first-order valence-corrected chi connectivity index (χ1v) is 8.70. The second-order valence-electron chi connectivity index (χ2n) is 5.60. The number of methoxy groups -OCH3 is 1. The molecule has 0 radical (unpaired) electrons. The van der Waals surface area contributed by atoms with Gasteiger partial charge < -0.3 is 9.47 Å². The van der Waals surface area contributed by atoms with E-state index in [9.17, 15) is 9.59 Å². The number of hydrazone groups is 1. The second-order valence-corrected chi connectivity index (χ2v) is 6.03. The van der Waals surface area contributed by atoms with Gasteiger partial charge >= 0.3 is 5.97 Å². The molecule has 3 aromatic rings. The van der Waals surface area contributed by atoms with Gasteiger partial charge in [-0.05, 0) is 48.0 Å². The predicted octanol–water partition coefficient (Wildman–Crippen LogP) is 3.12. The van der Waals surface area contributed by atoms with Crippen molar-refractivity contribution in [2.24, 2.45) is 5.10 Å². The van der Waals surface area contributed by atoms with E-state index in [1.807, 2.05) is 0 Å². The van der Waals surface area contributed by atoms with Gasteiger partial charge in [-0.2, -0.15) is 5.10 Å². The zero-order valence-electron chi connectivity index (χ0n) is 15.2. The molecule has 1 N–H and O–H groups in total. The molecule has 3 rings (SSSR count). The van der Waals surface area contributed by atoms with E-state index >= 15 is 0 Å². The van der Waals surface area contributed by atoms with Gasteiger partial charge in [0.15, 0.2) is 11.5 Å². The molecule has 0 atom stereocenters. The fraction of sp³-hybridized carbons (Fsp3) is 0.0500. The Kier molecular flexibility index (Phi) is 6.49. The van der Waals surface area contributed by atoms with Crippen molar-refractivity contribution in [1.29, 1.82) is 0 Å². The van der Waals surface area contributed by atoms with Gasteiger partial charge in [-0.1, -0.05) is 11.6 Å². The lowest BCUT2D eigenvalue weighted by Crippen LogP contribution is -2.19. The smallest absolute Gasteiger partial charge is 0.343 e. The Morgan fingerprint density at radius 2 is 1.90 bits per heavy atom. The molecule has 0 fully saturated rings. The Labute approximate surface area is 171 Å². The SMILES string of the molecule is COc1cc(C=NNC(=O)c2cnccn2)ccc1OC(=O)c1ccc(Cl)cc1. The minimum absolute atomic E-state index is 0.145. The molecule has 0 unspecified atom stereocenters. The van der Waals surface area contributed by atoms with Crippen LogP contribution >= 0.6 is 11.6 Å². The summed E-state index contributed by atoms with van der Waals surface area (Å²) < 4.78 is 10.7. The zero-order valence-corrected chi connectivity index (χ0v) is 16.0. The van der Waals surface area contributed by atoms with Crippen molar-refractivity contribution in [1.82, 2.24) is 15.4 Å². The summed E-state index contributed by atoms with van der Waals surface area (Å²) in [6, 6.07) is 11.2. The molecule has 0 aliphatic heterocycles. The van der Waals surface area contributed by atoms with E-state index in [-0.39, 0.29) is 11.4 Å². The molecule has 0 saturated carbocycles. The maximum atomic E-state index is 12.3. The number of rotatable bonds is 6. The molecule has 0 aliphatic rings. The fourth-order valence-corrected chi connectivity index (χ4v) is 2.36. The second kappa shape index (κ2) is 9.43. The number of aromatic nitrogens is 2. The van der Waals surface area contributed by atoms with Crippen LogP contribution in [0.3, 0.4) is 0 Å². The van der Waals surface area contributed by atoms with Gasteiger partial charge in [0.05, 0.1) is 25.1 Å². The van der Waals surface area contributed by atoms with Crippen LogP contribution in [0.4, 0.5) is 0 Å². The largest absolute Gasteiger partial charge is 0.493 e. The van der Waals surface area contributed by atoms with Crippen molar-refractivity contribution in [3.8, 4) is 11.5 Å². The molecule has 1 heterocycles. The molecule has 9 heteroatoms. The highest BCUT2D eigenvalue weighted by atomic mass is 35.5. The maximum Gasteiger partial charge on any atom is 0.343 e. The molecule has 29 heavy (non-hydrogen) atoms. The average molecular weight is 411 g/mol. The lowest BCUT2D eigenvalue weighted by molar-refractivity contribution is 0.0729. The molecule has 1 aromatic heterocycles. The maximum absolute atomic E-state index is 12.3. The Balaban J connectivity index is 1.67. The molecule has 0 bridgehead atoms. The number of nitrogens with zero attached hydrogens (tertiary/aromatic N) is 3. The first-order valence-electron chi connectivity index (χ1n) is 8.32. The summed E-state index contributed by atoms with van der Waals surface area (Å²) >= 11 is 5.82.